The molecule has 0 aliphatic carbocycles. The summed E-state index contributed by atoms with van der Waals surface area (Å²) in [5, 5.41) is 6.63. The molecule has 1 fully saturated rings. The normalized spacial score (nSPS) is 15.1. The van der Waals surface area contributed by atoms with E-state index in [1.54, 1.807) is 0 Å². The van der Waals surface area contributed by atoms with Gasteiger partial charge in [-0.2, -0.15) is 5.10 Å². The highest BCUT2D eigenvalue weighted by Crippen LogP contribution is 2.32. The van der Waals surface area contributed by atoms with Gasteiger partial charge in [0.15, 0.2) is 0 Å². The number of piperidine rings is 1. The van der Waals surface area contributed by atoms with Crippen molar-refractivity contribution in [2.24, 2.45) is 0 Å². The van der Waals surface area contributed by atoms with Crippen LogP contribution in [0.2, 0.25) is 10.0 Å². The molecule has 4 aromatic rings. The molecule has 0 N–H and O–H groups in total. The molecular weight excluding hydrogens is 449 g/mol. The molecule has 0 amide bonds. The summed E-state index contributed by atoms with van der Waals surface area (Å²) in [4.78, 5) is 2.57. The van der Waals surface area contributed by atoms with Crippen molar-refractivity contribution in [3.8, 4) is 16.9 Å². The lowest BCUT2D eigenvalue weighted by Crippen LogP contribution is -2.34. The molecule has 0 unspecified atom stereocenters. The van der Waals surface area contributed by atoms with E-state index in [1.165, 1.54) is 11.3 Å². The number of para-hydroxylation sites is 1. The van der Waals surface area contributed by atoms with Crippen molar-refractivity contribution in [1.29, 1.82) is 0 Å². The maximum absolute atomic E-state index is 6.14. The van der Waals surface area contributed by atoms with Crippen LogP contribution in [-0.2, 0) is 6.42 Å². The third-order valence-corrected chi connectivity index (χ3v) is 7.01. The van der Waals surface area contributed by atoms with Gasteiger partial charge in [-0.3, -0.25) is 0 Å². The van der Waals surface area contributed by atoms with Gasteiger partial charge >= 0.3 is 0 Å². The van der Waals surface area contributed by atoms with E-state index in [0.29, 0.717) is 5.92 Å². The van der Waals surface area contributed by atoms with Gasteiger partial charge in [0, 0.05) is 28.1 Å². The van der Waals surface area contributed by atoms with Crippen molar-refractivity contribution in [1.82, 2.24) is 14.7 Å². The van der Waals surface area contributed by atoms with Crippen LogP contribution < -0.4 is 0 Å². The Morgan fingerprint density at radius 3 is 2.09 bits per heavy atom. The van der Waals surface area contributed by atoms with Crippen LogP contribution in [0, 0.1) is 0 Å². The van der Waals surface area contributed by atoms with Gasteiger partial charge in [-0.25, -0.2) is 4.68 Å². The quantitative estimate of drug-likeness (QED) is 0.292. The number of hydrogen-bond acceptors (Lipinski definition) is 2. The summed E-state index contributed by atoms with van der Waals surface area (Å²) in [6, 6.07) is 28.9. The average molecular weight is 476 g/mol. The van der Waals surface area contributed by atoms with E-state index in [0.717, 1.165) is 65.9 Å². The Kier molecular flexibility index (Phi) is 6.82. The van der Waals surface area contributed by atoms with E-state index in [1.807, 2.05) is 30.3 Å². The minimum atomic E-state index is 0.479. The van der Waals surface area contributed by atoms with Gasteiger partial charge in [0.05, 0.1) is 17.1 Å². The van der Waals surface area contributed by atoms with Gasteiger partial charge in [-0.05, 0) is 80.4 Å². The van der Waals surface area contributed by atoms with Gasteiger partial charge in [0.2, 0.25) is 0 Å². The largest absolute Gasteiger partial charge is 0.303 e. The lowest BCUT2D eigenvalue weighted by atomic mass is 9.93. The van der Waals surface area contributed by atoms with Crippen LogP contribution in [0.5, 0.6) is 0 Å². The summed E-state index contributed by atoms with van der Waals surface area (Å²) < 4.78 is 2.07. The Bertz CT molecular complexity index is 1180. The molecular formula is C28H27Cl2N3. The molecule has 0 spiro atoms. The highest BCUT2D eigenvalue weighted by atomic mass is 35.5. The molecule has 2 heterocycles. The summed E-state index contributed by atoms with van der Waals surface area (Å²) in [6.07, 6.45) is 3.32. The second-order valence-corrected chi connectivity index (χ2v) is 9.57. The smallest absolute Gasteiger partial charge is 0.0743 e. The molecule has 0 bridgehead atoms. The number of aromatic nitrogens is 2. The van der Waals surface area contributed by atoms with Gasteiger partial charge < -0.3 is 4.90 Å². The highest BCUT2D eigenvalue weighted by Gasteiger charge is 2.24. The van der Waals surface area contributed by atoms with Crippen LogP contribution in [0.15, 0.2) is 84.9 Å². The van der Waals surface area contributed by atoms with Crippen molar-refractivity contribution in [2.75, 3.05) is 19.6 Å². The van der Waals surface area contributed by atoms with E-state index in [-0.39, 0.29) is 0 Å². The van der Waals surface area contributed by atoms with E-state index < -0.39 is 0 Å². The number of nitrogens with zero attached hydrogens (tertiary/aromatic N) is 3. The Morgan fingerprint density at radius 2 is 1.42 bits per heavy atom. The first-order valence-corrected chi connectivity index (χ1v) is 12.3. The summed E-state index contributed by atoms with van der Waals surface area (Å²) in [7, 11) is 0. The lowest BCUT2D eigenvalue weighted by Gasteiger charge is -2.31. The molecule has 0 atom stereocenters. The number of benzene rings is 3. The molecule has 3 aromatic carbocycles. The first kappa shape index (κ1) is 22.2. The van der Waals surface area contributed by atoms with Crippen LogP contribution in [0.25, 0.3) is 16.9 Å². The Labute approximate surface area is 205 Å². The van der Waals surface area contributed by atoms with E-state index in [2.05, 4.69) is 64.2 Å². The molecule has 0 radical (unpaired) electrons. The predicted octanol–water partition coefficient (Wildman–Crippen LogP) is 7.27. The average Bonchev–Trinajstić information content (AvgIpc) is 3.31. The molecule has 5 heteroatoms. The third kappa shape index (κ3) is 5.33. The van der Waals surface area contributed by atoms with Crippen LogP contribution in [0.3, 0.4) is 0 Å². The summed E-state index contributed by atoms with van der Waals surface area (Å²) in [6.45, 7) is 3.29. The SMILES string of the molecule is Clc1ccc(CCN2CCC(c3cc(-c4ccc(Cl)cc4)n(-c4ccccc4)n3)CC2)cc1. The molecule has 168 valence electrons. The summed E-state index contributed by atoms with van der Waals surface area (Å²) in [5.41, 5.74) is 5.84. The van der Waals surface area contributed by atoms with Gasteiger partial charge in [0.25, 0.3) is 0 Å². The molecule has 0 saturated carbocycles. The van der Waals surface area contributed by atoms with E-state index in [9.17, 15) is 0 Å². The van der Waals surface area contributed by atoms with Gasteiger partial charge in [-0.15, -0.1) is 0 Å². The van der Waals surface area contributed by atoms with E-state index >= 15 is 0 Å². The highest BCUT2D eigenvalue weighted by molar-refractivity contribution is 6.30. The van der Waals surface area contributed by atoms with Crippen molar-refractivity contribution < 1.29 is 0 Å². The van der Waals surface area contributed by atoms with Crippen LogP contribution >= 0.6 is 23.2 Å². The first-order valence-electron chi connectivity index (χ1n) is 11.5. The van der Waals surface area contributed by atoms with Crippen molar-refractivity contribution in [3.63, 3.8) is 0 Å². The Hall–Kier alpha value is -2.59. The number of hydrogen-bond donors (Lipinski definition) is 0. The summed E-state index contributed by atoms with van der Waals surface area (Å²) >= 11 is 12.1. The Morgan fingerprint density at radius 1 is 0.788 bits per heavy atom. The second-order valence-electron chi connectivity index (χ2n) is 8.70. The van der Waals surface area contributed by atoms with Gasteiger partial charge in [-0.1, -0.05) is 65.7 Å². The number of likely N-dealkylation sites (tertiary alicyclic amines) is 1. The third-order valence-electron chi connectivity index (χ3n) is 6.50. The molecule has 1 saturated heterocycles. The van der Waals surface area contributed by atoms with Crippen LogP contribution in [0.4, 0.5) is 0 Å². The topological polar surface area (TPSA) is 21.1 Å². The van der Waals surface area contributed by atoms with Crippen LogP contribution in [0.1, 0.15) is 30.0 Å². The monoisotopic (exact) mass is 475 g/mol. The fourth-order valence-electron chi connectivity index (χ4n) is 4.58. The zero-order chi connectivity index (χ0) is 22.6. The summed E-state index contributed by atoms with van der Waals surface area (Å²) in [5.74, 6) is 0.479. The fourth-order valence-corrected chi connectivity index (χ4v) is 4.83. The molecule has 3 nitrogen and oxygen atoms in total. The molecule has 1 aromatic heterocycles. The maximum atomic E-state index is 6.14. The molecule has 33 heavy (non-hydrogen) atoms. The fraction of sp³-hybridized carbons (Fsp3) is 0.250. The Balaban J connectivity index is 1.30. The van der Waals surface area contributed by atoms with Gasteiger partial charge in [0.1, 0.15) is 0 Å². The van der Waals surface area contributed by atoms with Crippen LogP contribution in [-0.4, -0.2) is 34.3 Å². The maximum Gasteiger partial charge on any atom is 0.0743 e. The second kappa shape index (κ2) is 10.1. The predicted molar refractivity (Wildman–Crippen MR) is 138 cm³/mol. The van der Waals surface area contributed by atoms with E-state index in [4.69, 9.17) is 28.3 Å². The van der Waals surface area contributed by atoms with Crippen molar-refractivity contribution >= 4 is 23.2 Å². The molecule has 1 aliphatic rings. The first-order chi connectivity index (χ1) is 16.2. The standard InChI is InChI=1S/C28H27Cl2N3/c29-24-10-6-21(7-11-24)14-17-32-18-15-22(16-19-32)27-20-28(23-8-12-25(30)13-9-23)33(31-27)26-4-2-1-3-5-26/h1-13,20,22H,14-19H2. The zero-order valence-corrected chi connectivity index (χ0v) is 20.0. The minimum Gasteiger partial charge on any atom is -0.303 e. The van der Waals surface area contributed by atoms with Crippen molar-refractivity contribution in [3.05, 3.63) is 106 Å². The minimum absolute atomic E-state index is 0.479. The molecule has 1 aliphatic heterocycles. The van der Waals surface area contributed by atoms with Crippen molar-refractivity contribution in [2.45, 2.75) is 25.2 Å². The molecule has 5 rings (SSSR count). The lowest BCUT2D eigenvalue weighted by molar-refractivity contribution is 0.213. The number of halogens is 2. The zero-order valence-electron chi connectivity index (χ0n) is 18.5. The number of rotatable bonds is 6.